The predicted octanol–water partition coefficient (Wildman–Crippen LogP) is 9.55. The monoisotopic (exact) mass is 496 g/mol. The molecule has 0 bridgehead atoms. The molecule has 0 heterocycles. The Morgan fingerprint density at radius 3 is 1.67 bits per heavy atom. The quantitative estimate of drug-likeness (QED) is 0.117. The Hall–Kier alpha value is -2.36. The second-order valence-corrected chi connectivity index (χ2v) is 10.3. The van der Waals surface area contributed by atoms with Gasteiger partial charge in [0, 0.05) is 23.6 Å². The van der Waals surface area contributed by atoms with E-state index in [1.54, 1.807) is 0 Å². The van der Waals surface area contributed by atoms with E-state index in [2.05, 4.69) is 13.8 Å². The van der Waals surface area contributed by atoms with Gasteiger partial charge in [0.2, 0.25) is 0 Å². The molecule has 0 spiro atoms. The molecule has 0 N–H and O–H groups in total. The highest BCUT2D eigenvalue weighted by Gasteiger charge is 2.17. The molecule has 0 aliphatic rings. The molecular formula is C32H48O4. The van der Waals surface area contributed by atoms with Gasteiger partial charge in [0.05, 0.1) is 0 Å². The summed E-state index contributed by atoms with van der Waals surface area (Å²) in [7, 11) is 0. The Morgan fingerprint density at radius 2 is 1.11 bits per heavy atom. The lowest BCUT2D eigenvalue weighted by Gasteiger charge is -2.15. The Bertz CT molecular complexity index is 947. The fraction of sp³-hybridized carbons (Fsp3) is 0.625. The van der Waals surface area contributed by atoms with Crippen LogP contribution in [0.4, 0.5) is 0 Å². The van der Waals surface area contributed by atoms with Crippen molar-refractivity contribution in [3.63, 3.8) is 0 Å². The minimum atomic E-state index is -0.200. The molecule has 2 aromatic carbocycles. The van der Waals surface area contributed by atoms with Crippen LogP contribution in [0, 0.1) is 13.8 Å². The van der Waals surface area contributed by atoms with E-state index in [1.807, 2.05) is 38.1 Å². The minimum Gasteiger partial charge on any atom is -0.426 e. The van der Waals surface area contributed by atoms with Crippen molar-refractivity contribution in [2.24, 2.45) is 0 Å². The predicted molar refractivity (Wildman–Crippen MR) is 150 cm³/mol. The Labute approximate surface area is 219 Å². The third-order valence-electron chi connectivity index (χ3n) is 6.80. The van der Waals surface area contributed by atoms with Gasteiger partial charge in [-0.05, 0) is 44.4 Å². The number of ether oxygens (including phenoxy) is 2. The van der Waals surface area contributed by atoms with Gasteiger partial charge >= 0.3 is 11.9 Å². The Balaban J connectivity index is 1.96. The lowest BCUT2D eigenvalue weighted by atomic mass is 10.0. The minimum absolute atomic E-state index is 0.196. The van der Waals surface area contributed by atoms with E-state index in [4.69, 9.17) is 9.47 Å². The summed E-state index contributed by atoms with van der Waals surface area (Å²) < 4.78 is 11.7. The molecule has 0 radical (unpaired) electrons. The normalized spacial score (nSPS) is 11.1. The number of rotatable bonds is 18. The number of aryl methyl sites for hydroxylation is 2. The van der Waals surface area contributed by atoms with E-state index in [0.717, 1.165) is 47.6 Å². The zero-order valence-corrected chi connectivity index (χ0v) is 23.3. The third-order valence-corrected chi connectivity index (χ3v) is 6.80. The van der Waals surface area contributed by atoms with E-state index < -0.39 is 0 Å². The molecule has 4 nitrogen and oxygen atoms in total. The molecule has 2 rings (SSSR count). The maximum Gasteiger partial charge on any atom is 0.311 e. The summed E-state index contributed by atoms with van der Waals surface area (Å²) in [6.07, 6.45) is 17.1. The molecule has 0 atom stereocenters. The van der Waals surface area contributed by atoms with Gasteiger partial charge < -0.3 is 9.47 Å². The molecule has 0 saturated carbocycles. The van der Waals surface area contributed by atoms with Crippen molar-refractivity contribution in [1.29, 1.82) is 0 Å². The second-order valence-electron chi connectivity index (χ2n) is 10.3. The van der Waals surface area contributed by atoms with Gasteiger partial charge in [0.1, 0.15) is 11.5 Å². The Morgan fingerprint density at radius 1 is 0.611 bits per heavy atom. The number of carbonyl (C=O) groups excluding carboxylic acids is 2. The second kappa shape index (κ2) is 17.2. The molecule has 0 fully saturated rings. The maximum absolute atomic E-state index is 12.6. The lowest BCUT2D eigenvalue weighted by molar-refractivity contribution is -0.135. The number of esters is 2. The van der Waals surface area contributed by atoms with E-state index >= 15 is 0 Å². The topological polar surface area (TPSA) is 52.6 Å². The molecule has 4 heteroatoms. The summed E-state index contributed by atoms with van der Waals surface area (Å²) in [5.41, 5.74) is 1.87. The van der Waals surface area contributed by atoms with Crippen LogP contribution in [0.15, 0.2) is 24.3 Å². The van der Waals surface area contributed by atoms with Gasteiger partial charge in [-0.25, -0.2) is 0 Å². The van der Waals surface area contributed by atoms with E-state index in [0.29, 0.717) is 24.3 Å². The SMILES string of the molecule is CCCCCCCCCC(=O)Oc1cc(C)c(OC(=O)CCCCCCCCC)c2cc(C)ccc12. The summed E-state index contributed by atoms with van der Waals surface area (Å²) in [6.45, 7) is 8.36. The molecule has 200 valence electrons. The van der Waals surface area contributed by atoms with Crippen LogP contribution in [0.2, 0.25) is 0 Å². The summed E-state index contributed by atoms with van der Waals surface area (Å²) >= 11 is 0. The Kier molecular flexibility index (Phi) is 14.2. The van der Waals surface area contributed by atoms with Crippen molar-refractivity contribution >= 4 is 22.7 Å². The van der Waals surface area contributed by atoms with Crippen LogP contribution in [-0.4, -0.2) is 11.9 Å². The molecule has 0 saturated heterocycles. The van der Waals surface area contributed by atoms with Gasteiger partial charge in [-0.1, -0.05) is 109 Å². The zero-order valence-electron chi connectivity index (χ0n) is 23.3. The van der Waals surface area contributed by atoms with E-state index in [-0.39, 0.29) is 11.9 Å². The fourth-order valence-corrected chi connectivity index (χ4v) is 4.62. The fourth-order valence-electron chi connectivity index (χ4n) is 4.62. The largest absolute Gasteiger partial charge is 0.426 e. The number of hydrogen-bond donors (Lipinski definition) is 0. The van der Waals surface area contributed by atoms with Crippen LogP contribution >= 0.6 is 0 Å². The van der Waals surface area contributed by atoms with Crippen molar-refractivity contribution in [1.82, 2.24) is 0 Å². The highest BCUT2D eigenvalue weighted by Crippen LogP contribution is 2.37. The average molecular weight is 497 g/mol. The van der Waals surface area contributed by atoms with Crippen LogP contribution in [-0.2, 0) is 9.59 Å². The summed E-state index contributed by atoms with van der Waals surface area (Å²) in [5.74, 6) is 0.725. The highest BCUT2D eigenvalue weighted by molar-refractivity contribution is 5.97. The molecule has 2 aromatic rings. The third kappa shape index (κ3) is 10.7. The lowest BCUT2D eigenvalue weighted by Crippen LogP contribution is -2.11. The number of benzene rings is 2. The van der Waals surface area contributed by atoms with Crippen molar-refractivity contribution in [3.05, 3.63) is 35.4 Å². The first-order valence-electron chi connectivity index (χ1n) is 14.4. The van der Waals surface area contributed by atoms with E-state index in [9.17, 15) is 9.59 Å². The first kappa shape index (κ1) is 29.9. The van der Waals surface area contributed by atoms with Crippen LogP contribution in [0.5, 0.6) is 11.5 Å². The highest BCUT2D eigenvalue weighted by atomic mass is 16.5. The van der Waals surface area contributed by atoms with Crippen molar-refractivity contribution in [2.75, 3.05) is 0 Å². The maximum atomic E-state index is 12.6. The van der Waals surface area contributed by atoms with Crippen LogP contribution in [0.25, 0.3) is 10.8 Å². The standard InChI is InChI=1S/C32H48O4/c1-5-7-9-11-13-15-17-19-30(33)35-29-24-26(4)32(28-23-25(3)21-22-27(28)29)36-31(34)20-18-16-14-12-10-8-6-2/h21-24H,5-20H2,1-4H3. The number of carbonyl (C=O) groups is 2. The molecule has 0 amide bonds. The van der Waals surface area contributed by atoms with Gasteiger partial charge in [0.25, 0.3) is 0 Å². The first-order valence-corrected chi connectivity index (χ1v) is 14.4. The van der Waals surface area contributed by atoms with Gasteiger partial charge in [-0.2, -0.15) is 0 Å². The van der Waals surface area contributed by atoms with E-state index in [1.165, 1.54) is 64.2 Å². The summed E-state index contributed by atoms with van der Waals surface area (Å²) in [4.78, 5) is 25.2. The van der Waals surface area contributed by atoms with Crippen molar-refractivity contribution in [3.8, 4) is 11.5 Å². The van der Waals surface area contributed by atoms with Crippen molar-refractivity contribution in [2.45, 2.75) is 130 Å². The molecule has 0 aromatic heterocycles. The van der Waals surface area contributed by atoms with Gasteiger partial charge in [0.15, 0.2) is 0 Å². The molecule has 0 aliphatic heterocycles. The number of hydrogen-bond acceptors (Lipinski definition) is 4. The van der Waals surface area contributed by atoms with Crippen molar-refractivity contribution < 1.29 is 19.1 Å². The van der Waals surface area contributed by atoms with Crippen LogP contribution < -0.4 is 9.47 Å². The first-order chi connectivity index (χ1) is 17.5. The number of unbranched alkanes of at least 4 members (excludes halogenated alkanes) is 12. The van der Waals surface area contributed by atoms with Crippen LogP contribution in [0.3, 0.4) is 0 Å². The van der Waals surface area contributed by atoms with Gasteiger partial charge in [-0.3, -0.25) is 9.59 Å². The molecule has 36 heavy (non-hydrogen) atoms. The molecular weight excluding hydrogens is 448 g/mol. The van der Waals surface area contributed by atoms with Gasteiger partial charge in [-0.15, -0.1) is 0 Å². The number of fused-ring (bicyclic) bond motifs is 1. The zero-order chi connectivity index (χ0) is 26.2. The summed E-state index contributed by atoms with van der Waals surface area (Å²) in [6, 6.07) is 7.78. The van der Waals surface area contributed by atoms with Crippen LogP contribution in [0.1, 0.15) is 128 Å². The molecule has 0 unspecified atom stereocenters. The average Bonchev–Trinajstić information content (AvgIpc) is 2.85. The molecule has 0 aliphatic carbocycles. The smallest absolute Gasteiger partial charge is 0.311 e. The summed E-state index contributed by atoms with van der Waals surface area (Å²) in [5, 5.41) is 1.62.